The van der Waals surface area contributed by atoms with Gasteiger partial charge < -0.3 is 38.7 Å². The van der Waals surface area contributed by atoms with Crippen LogP contribution in [0.3, 0.4) is 0 Å². The van der Waals surface area contributed by atoms with Gasteiger partial charge in [0.2, 0.25) is 18.6 Å². The lowest BCUT2D eigenvalue weighted by Gasteiger charge is -2.31. The molecular formula is C43H50N8O8. The summed E-state index contributed by atoms with van der Waals surface area (Å²) in [7, 11) is 5.80. The number of H-pyrrole nitrogens is 2. The van der Waals surface area contributed by atoms with Crippen LogP contribution in [-0.2, 0) is 19.1 Å². The number of carbonyl (C=O) groups is 4. The zero-order valence-electron chi connectivity index (χ0n) is 34.2. The Bertz CT molecular complexity index is 2260. The molecule has 0 spiro atoms. The first-order valence-corrected chi connectivity index (χ1v) is 20.2. The number of methoxy groups -OCH3 is 2. The fraction of sp³-hybridized carbons (Fsp3) is 0.442. The van der Waals surface area contributed by atoms with E-state index in [4.69, 9.17) is 28.9 Å². The molecule has 3 aliphatic rings. The van der Waals surface area contributed by atoms with E-state index in [1.807, 2.05) is 72.2 Å². The summed E-state index contributed by atoms with van der Waals surface area (Å²) in [6.07, 6.45) is 3.02. The van der Waals surface area contributed by atoms with E-state index in [0.29, 0.717) is 49.1 Å². The SMILES string of the molecule is CC[C@@H](C(=O)N1CCC[C@H]1c1nc2cc(-c3ccc(-c4ccc5nc([C@@H]6CCCN6C(=O)[C@H](CC)N(C)C(=O)OC)[nH]c5c4)c4c3OCO4)ccc2[nH]1)N(C)C(=O)OC. The number of carbonyl (C=O) groups excluding carboxylic acids is 4. The largest absolute Gasteiger partial charge is 0.453 e. The third kappa shape index (κ3) is 7.03. The molecule has 0 unspecified atom stereocenters. The fourth-order valence-electron chi connectivity index (χ4n) is 8.94. The maximum Gasteiger partial charge on any atom is 0.409 e. The van der Waals surface area contributed by atoms with E-state index in [9.17, 15) is 19.2 Å². The Hall–Kier alpha value is -6.32. The first kappa shape index (κ1) is 39.5. The molecule has 0 bridgehead atoms. The van der Waals surface area contributed by atoms with E-state index in [2.05, 4.69) is 9.97 Å². The van der Waals surface area contributed by atoms with E-state index in [1.54, 1.807) is 14.1 Å². The van der Waals surface area contributed by atoms with Gasteiger partial charge in [-0.2, -0.15) is 0 Å². The van der Waals surface area contributed by atoms with E-state index in [1.165, 1.54) is 24.0 Å². The first-order chi connectivity index (χ1) is 28.6. The second-order valence-corrected chi connectivity index (χ2v) is 15.3. The summed E-state index contributed by atoms with van der Waals surface area (Å²) < 4.78 is 22.0. The molecular weight excluding hydrogens is 757 g/mol. The van der Waals surface area contributed by atoms with Crippen molar-refractivity contribution in [3.8, 4) is 33.8 Å². The van der Waals surface area contributed by atoms with Crippen LogP contribution in [0.15, 0.2) is 48.5 Å². The van der Waals surface area contributed by atoms with Crippen LogP contribution in [0.25, 0.3) is 44.3 Å². The number of likely N-dealkylation sites (N-methyl/N-ethyl adjacent to an activating group) is 2. The Kier molecular flexibility index (Phi) is 10.8. The summed E-state index contributed by atoms with van der Waals surface area (Å²) in [6.45, 7) is 5.01. The van der Waals surface area contributed by atoms with Crippen molar-refractivity contribution in [2.75, 3.05) is 48.2 Å². The lowest BCUT2D eigenvalue weighted by Crippen LogP contribution is -2.49. The molecule has 5 heterocycles. The molecule has 0 radical (unpaired) electrons. The number of aromatic nitrogens is 4. The molecule has 16 heteroatoms. The maximum atomic E-state index is 13.7. The standard InChI is InChI=1S/C43H50N8O8/c1-7-32(48(3)42(54)56-5)40(52)50-19-9-11-34(50)38-44-28-17-13-24(21-30(28)46-38)26-15-16-27(37-36(26)58-23-59-37)25-14-18-29-31(22-25)47-39(45-29)35-12-10-20-51(35)41(53)33(8-2)49(4)43(55)57-6/h13-18,21-22,32-35H,7-12,19-20,23H2,1-6H3,(H,44,46)(H,45,47)/t32-,33-,34-,35-/m0/s1. The number of benzene rings is 3. The molecule has 0 saturated carbocycles. The highest BCUT2D eigenvalue weighted by molar-refractivity contribution is 5.91. The highest BCUT2D eigenvalue weighted by Gasteiger charge is 2.39. The van der Waals surface area contributed by atoms with Gasteiger partial charge in [0.05, 0.1) is 48.4 Å². The van der Waals surface area contributed by atoms with Crippen LogP contribution in [-0.4, -0.2) is 124 Å². The van der Waals surface area contributed by atoms with Crippen molar-refractivity contribution in [1.29, 1.82) is 0 Å². The van der Waals surface area contributed by atoms with Crippen molar-refractivity contribution in [2.24, 2.45) is 0 Å². The van der Waals surface area contributed by atoms with Crippen LogP contribution in [0.2, 0.25) is 0 Å². The van der Waals surface area contributed by atoms with Gasteiger partial charge in [-0.3, -0.25) is 19.4 Å². The van der Waals surface area contributed by atoms with Gasteiger partial charge in [-0.25, -0.2) is 19.6 Å². The Morgan fingerprint density at radius 3 is 1.73 bits per heavy atom. The second-order valence-electron chi connectivity index (χ2n) is 15.3. The Morgan fingerprint density at radius 1 is 0.712 bits per heavy atom. The highest BCUT2D eigenvalue weighted by atomic mass is 16.7. The molecule has 4 atom stereocenters. The fourth-order valence-corrected chi connectivity index (χ4v) is 8.94. The smallest absolute Gasteiger partial charge is 0.409 e. The van der Waals surface area contributed by atoms with Crippen LogP contribution in [0.5, 0.6) is 11.5 Å². The van der Waals surface area contributed by atoms with Crippen LogP contribution in [0.1, 0.15) is 76.1 Å². The molecule has 0 aliphatic carbocycles. The molecule has 2 N–H and O–H groups in total. The molecule has 2 aromatic heterocycles. The van der Waals surface area contributed by atoms with Crippen LogP contribution in [0.4, 0.5) is 9.59 Å². The van der Waals surface area contributed by atoms with Crippen molar-refractivity contribution in [2.45, 2.75) is 76.5 Å². The van der Waals surface area contributed by atoms with Gasteiger partial charge in [0.15, 0.2) is 11.5 Å². The second kappa shape index (κ2) is 16.1. The molecule has 16 nitrogen and oxygen atoms in total. The lowest BCUT2D eigenvalue weighted by atomic mass is 9.97. The minimum absolute atomic E-state index is 0.0789. The summed E-state index contributed by atoms with van der Waals surface area (Å²) in [5.74, 6) is 2.45. The zero-order valence-corrected chi connectivity index (χ0v) is 34.2. The van der Waals surface area contributed by atoms with E-state index in [-0.39, 0.29) is 30.7 Å². The van der Waals surface area contributed by atoms with Crippen molar-refractivity contribution >= 4 is 46.1 Å². The van der Waals surface area contributed by atoms with Crippen LogP contribution < -0.4 is 9.47 Å². The molecule has 59 heavy (non-hydrogen) atoms. The van der Waals surface area contributed by atoms with Crippen LogP contribution in [0, 0.1) is 0 Å². The summed E-state index contributed by atoms with van der Waals surface area (Å²) in [6, 6.07) is 14.3. The number of fused-ring (bicyclic) bond motifs is 3. The number of nitrogens with zero attached hydrogens (tertiary/aromatic N) is 6. The first-order valence-electron chi connectivity index (χ1n) is 20.2. The number of hydrogen-bond acceptors (Lipinski definition) is 10. The normalized spacial score (nSPS) is 18.3. The third-order valence-corrected chi connectivity index (χ3v) is 12.0. The van der Waals surface area contributed by atoms with Gasteiger partial charge >= 0.3 is 12.2 Å². The third-order valence-electron chi connectivity index (χ3n) is 12.0. The zero-order chi connectivity index (χ0) is 41.5. The van der Waals surface area contributed by atoms with Gasteiger partial charge in [0.1, 0.15) is 23.7 Å². The minimum Gasteiger partial charge on any atom is -0.453 e. The molecule has 2 fully saturated rings. The predicted molar refractivity (Wildman–Crippen MR) is 219 cm³/mol. The quantitative estimate of drug-likeness (QED) is 0.153. The van der Waals surface area contributed by atoms with Gasteiger partial charge in [0.25, 0.3) is 0 Å². The number of hydrogen-bond donors (Lipinski definition) is 2. The van der Waals surface area contributed by atoms with Gasteiger partial charge in [0, 0.05) is 38.3 Å². The number of aromatic amines is 2. The average Bonchev–Trinajstić information content (AvgIpc) is 4.11. The summed E-state index contributed by atoms with van der Waals surface area (Å²) in [4.78, 5) is 75.2. The topological polar surface area (TPSA) is 176 Å². The molecule has 310 valence electrons. The molecule has 4 amide bonds. The molecule has 3 aliphatic heterocycles. The van der Waals surface area contributed by atoms with Crippen molar-refractivity contribution in [3.05, 3.63) is 60.2 Å². The summed E-state index contributed by atoms with van der Waals surface area (Å²) in [5, 5.41) is 0. The van der Waals surface area contributed by atoms with Crippen molar-refractivity contribution in [1.82, 2.24) is 39.5 Å². The van der Waals surface area contributed by atoms with E-state index < -0.39 is 24.3 Å². The average molecular weight is 807 g/mol. The lowest BCUT2D eigenvalue weighted by molar-refractivity contribution is -0.138. The van der Waals surface area contributed by atoms with Crippen molar-refractivity contribution in [3.63, 3.8) is 0 Å². The Morgan fingerprint density at radius 2 is 1.20 bits per heavy atom. The number of amides is 4. The van der Waals surface area contributed by atoms with Gasteiger partial charge in [-0.1, -0.05) is 26.0 Å². The number of likely N-dealkylation sites (tertiary alicyclic amines) is 2. The van der Waals surface area contributed by atoms with E-state index in [0.717, 1.165) is 70.0 Å². The van der Waals surface area contributed by atoms with E-state index >= 15 is 0 Å². The highest BCUT2D eigenvalue weighted by Crippen LogP contribution is 2.48. The number of nitrogens with one attached hydrogen (secondary N) is 2. The Balaban J connectivity index is 1.04. The minimum atomic E-state index is -0.632. The van der Waals surface area contributed by atoms with Crippen LogP contribution >= 0.6 is 0 Å². The Labute approximate surface area is 341 Å². The molecule has 2 saturated heterocycles. The predicted octanol–water partition coefficient (Wildman–Crippen LogP) is 6.78. The molecule has 8 rings (SSSR count). The summed E-state index contributed by atoms with van der Waals surface area (Å²) >= 11 is 0. The maximum absolute atomic E-state index is 13.7. The summed E-state index contributed by atoms with van der Waals surface area (Å²) in [5.41, 5.74) is 6.77. The van der Waals surface area contributed by atoms with Crippen molar-refractivity contribution < 1.29 is 38.1 Å². The molecule has 5 aromatic rings. The van der Waals surface area contributed by atoms with Gasteiger partial charge in [-0.05, 0) is 86.1 Å². The monoisotopic (exact) mass is 806 g/mol. The molecule has 3 aromatic carbocycles. The van der Waals surface area contributed by atoms with Gasteiger partial charge in [-0.15, -0.1) is 0 Å². The number of imidazole rings is 2. The number of rotatable bonds is 10. The number of ether oxygens (including phenoxy) is 4.